The van der Waals surface area contributed by atoms with E-state index < -0.39 is 29.2 Å². The molecule has 0 aromatic heterocycles. The molecule has 0 N–H and O–H groups in total. The Morgan fingerprint density at radius 1 is 1.04 bits per heavy atom. The van der Waals surface area contributed by atoms with Crippen molar-refractivity contribution in [2.75, 3.05) is 0 Å². The highest BCUT2D eigenvalue weighted by Crippen LogP contribution is 2.66. The quantitative estimate of drug-likeness (QED) is 0.542. The number of hydrogen-bond donors (Lipinski definition) is 0. The minimum Gasteiger partial charge on any atom is -0.392 e. The molecule has 1 saturated heterocycles. The topological polar surface area (TPSA) is 43.4 Å². The van der Waals surface area contributed by atoms with Crippen molar-refractivity contribution in [2.24, 2.45) is 11.3 Å². The van der Waals surface area contributed by atoms with E-state index in [0.717, 1.165) is 20.9 Å². The number of hydrogen-bond acceptors (Lipinski definition) is 4. The molecule has 1 fully saturated rings. The SMILES string of the molecule is O=C1OC(=O)C2c3ccccc3SC3=CC=CC4=CC=CC1C432. The number of thioether (sulfide) groups is 1. The third-order valence-electron chi connectivity index (χ3n) is 5.07. The fourth-order valence-electron chi connectivity index (χ4n) is 4.19. The minimum atomic E-state index is -0.644. The van der Waals surface area contributed by atoms with E-state index in [4.69, 9.17) is 4.74 Å². The molecule has 0 amide bonds. The Balaban J connectivity index is 1.88. The lowest BCUT2D eigenvalue weighted by molar-refractivity contribution is -0.173. The van der Waals surface area contributed by atoms with Gasteiger partial charge in [0, 0.05) is 9.80 Å². The summed E-state index contributed by atoms with van der Waals surface area (Å²) in [6.07, 6.45) is 11.8. The summed E-state index contributed by atoms with van der Waals surface area (Å²) in [4.78, 5) is 27.3. The van der Waals surface area contributed by atoms with Crippen LogP contribution in [0.15, 0.2) is 76.1 Å². The highest BCUT2D eigenvalue weighted by atomic mass is 32.2. The number of ether oxygens (including phenoxy) is 1. The lowest BCUT2D eigenvalue weighted by Crippen LogP contribution is -2.53. The highest BCUT2D eigenvalue weighted by molar-refractivity contribution is 8.03. The molecular weight excluding hydrogens is 308 g/mol. The molecule has 2 aliphatic carbocycles. The van der Waals surface area contributed by atoms with E-state index in [-0.39, 0.29) is 0 Å². The predicted molar refractivity (Wildman–Crippen MR) is 86.5 cm³/mol. The molecule has 3 unspecified atom stereocenters. The van der Waals surface area contributed by atoms with Gasteiger partial charge >= 0.3 is 11.9 Å². The predicted octanol–water partition coefficient (Wildman–Crippen LogP) is 3.51. The summed E-state index contributed by atoms with van der Waals surface area (Å²) in [7, 11) is 0. The molecule has 112 valence electrons. The average molecular weight is 320 g/mol. The fourth-order valence-corrected chi connectivity index (χ4v) is 5.55. The summed E-state index contributed by atoms with van der Waals surface area (Å²) < 4.78 is 5.13. The average Bonchev–Trinajstić information content (AvgIpc) is 2.56. The normalized spacial score (nSPS) is 33.0. The number of fused-ring (bicyclic) bond motifs is 2. The van der Waals surface area contributed by atoms with Crippen molar-refractivity contribution >= 4 is 23.7 Å². The van der Waals surface area contributed by atoms with E-state index in [1.54, 1.807) is 11.8 Å². The van der Waals surface area contributed by atoms with E-state index in [0.29, 0.717) is 0 Å². The van der Waals surface area contributed by atoms with E-state index in [9.17, 15) is 9.59 Å². The maximum absolute atomic E-state index is 12.7. The monoisotopic (exact) mass is 320 g/mol. The summed E-state index contributed by atoms with van der Waals surface area (Å²) in [5.74, 6) is -1.83. The van der Waals surface area contributed by atoms with Crippen LogP contribution in [0.4, 0.5) is 0 Å². The number of benzene rings is 1. The molecule has 0 radical (unpaired) electrons. The summed E-state index contributed by atoms with van der Waals surface area (Å²) in [6, 6.07) is 7.90. The number of cyclic esters (lactones) is 2. The van der Waals surface area contributed by atoms with Crippen LogP contribution in [0.25, 0.3) is 0 Å². The van der Waals surface area contributed by atoms with Gasteiger partial charge in [0.1, 0.15) is 0 Å². The van der Waals surface area contributed by atoms with Crippen LogP contribution in [-0.2, 0) is 14.3 Å². The van der Waals surface area contributed by atoms with Crippen LogP contribution in [0.5, 0.6) is 0 Å². The molecule has 3 atom stereocenters. The van der Waals surface area contributed by atoms with Crippen molar-refractivity contribution in [1.82, 2.24) is 0 Å². The molecule has 1 aromatic rings. The van der Waals surface area contributed by atoms with E-state index >= 15 is 0 Å². The third kappa shape index (κ3) is 1.47. The first kappa shape index (κ1) is 13.1. The smallest absolute Gasteiger partial charge is 0.322 e. The Labute approximate surface area is 137 Å². The molecule has 1 aromatic carbocycles. The maximum Gasteiger partial charge on any atom is 0.322 e. The number of carbonyl (C=O) groups excluding carboxylic acids is 2. The first-order valence-electron chi connectivity index (χ1n) is 7.53. The van der Waals surface area contributed by atoms with Crippen LogP contribution in [0.3, 0.4) is 0 Å². The van der Waals surface area contributed by atoms with Crippen molar-refractivity contribution in [1.29, 1.82) is 0 Å². The summed E-state index contributed by atoms with van der Waals surface area (Å²) >= 11 is 1.65. The number of allylic oxidation sites excluding steroid dienone is 7. The second-order valence-electron chi connectivity index (χ2n) is 6.06. The standard InChI is InChI=1S/C19H12O3S/c20-17-13-8-3-5-11-6-4-10-15-19(11,13)16(18(21)22-17)12-7-1-2-9-14(12)23-15/h1-10,13,16H. The van der Waals surface area contributed by atoms with Crippen LogP contribution in [-0.4, -0.2) is 11.9 Å². The molecule has 2 heterocycles. The molecular formula is C19H12O3S. The first-order chi connectivity index (χ1) is 11.2. The summed E-state index contributed by atoms with van der Waals surface area (Å²) in [5.41, 5.74) is 1.32. The molecule has 23 heavy (non-hydrogen) atoms. The summed E-state index contributed by atoms with van der Waals surface area (Å²) in [6.45, 7) is 0. The van der Waals surface area contributed by atoms with Gasteiger partial charge in [-0.1, -0.05) is 66.4 Å². The van der Waals surface area contributed by atoms with Gasteiger partial charge in [-0.05, 0) is 17.2 Å². The van der Waals surface area contributed by atoms with Gasteiger partial charge in [-0.2, -0.15) is 0 Å². The molecule has 0 bridgehead atoms. The van der Waals surface area contributed by atoms with Crippen LogP contribution in [0, 0.1) is 11.3 Å². The van der Waals surface area contributed by atoms with Gasteiger partial charge in [-0.15, -0.1) is 0 Å². The lowest BCUT2D eigenvalue weighted by Gasteiger charge is -2.52. The Morgan fingerprint density at radius 3 is 2.83 bits per heavy atom. The Morgan fingerprint density at radius 2 is 1.91 bits per heavy atom. The molecule has 1 spiro atoms. The number of esters is 2. The van der Waals surface area contributed by atoms with Crippen LogP contribution in [0.2, 0.25) is 0 Å². The number of rotatable bonds is 0. The van der Waals surface area contributed by atoms with Crippen LogP contribution >= 0.6 is 11.8 Å². The van der Waals surface area contributed by atoms with Crippen molar-refractivity contribution < 1.29 is 14.3 Å². The molecule has 4 aliphatic rings. The molecule has 2 aliphatic heterocycles. The fraction of sp³-hybridized carbons (Fsp3) is 0.158. The molecule has 4 heteroatoms. The Bertz CT molecular complexity index is 890. The van der Waals surface area contributed by atoms with Gasteiger partial charge in [-0.3, -0.25) is 9.59 Å². The van der Waals surface area contributed by atoms with Crippen molar-refractivity contribution in [2.45, 2.75) is 10.8 Å². The molecule has 5 rings (SSSR count). The van der Waals surface area contributed by atoms with Gasteiger partial charge in [0.25, 0.3) is 0 Å². The van der Waals surface area contributed by atoms with Crippen molar-refractivity contribution in [3.8, 4) is 0 Å². The van der Waals surface area contributed by atoms with Gasteiger partial charge < -0.3 is 4.74 Å². The van der Waals surface area contributed by atoms with Gasteiger partial charge in [0.15, 0.2) is 0 Å². The summed E-state index contributed by atoms with van der Waals surface area (Å²) in [5, 5.41) is 0. The van der Waals surface area contributed by atoms with Crippen molar-refractivity contribution in [3.63, 3.8) is 0 Å². The van der Waals surface area contributed by atoms with E-state index in [1.165, 1.54) is 0 Å². The van der Waals surface area contributed by atoms with E-state index in [2.05, 4.69) is 0 Å². The van der Waals surface area contributed by atoms with Crippen LogP contribution in [0.1, 0.15) is 11.5 Å². The van der Waals surface area contributed by atoms with Gasteiger partial charge in [0.2, 0.25) is 0 Å². The second kappa shape index (κ2) is 4.36. The Hall–Kier alpha value is -2.33. The minimum absolute atomic E-state index is 0.443. The zero-order valence-electron chi connectivity index (χ0n) is 12.1. The zero-order valence-corrected chi connectivity index (χ0v) is 12.9. The largest absolute Gasteiger partial charge is 0.392 e. The van der Waals surface area contributed by atoms with Gasteiger partial charge in [-0.25, -0.2) is 0 Å². The molecule has 3 nitrogen and oxygen atoms in total. The molecule has 0 saturated carbocycles. The third-order valence-corrected chi connectivity index (χ3v) is 6.36. The zero-order chi connectivity index (χ0) is 15.6. The number of carbonyl (C=O) groups is 2. The Kier molecular flexibility index (Phi) is 2.49. The van der Waals surface area contributed by atoms with Gasteiger partial charge in [0.05, 0.1) is 17.3 Å². The lowest BCUT2D eigenvalue weighted by atomic mass is 9.56. The van der Waals surface area contributed by atoms with E-state index in [1.807, 2.05) is 60.7 Å². The van der Waals surface area contributed by atoms with Crippen LogP contribution < -0.4 is 0 Å². The maximum atomic E-state index is 12.7. The van der Waals surface area contributed by atoms with Crippen molar-refractivity contribution in [3.05, 3.63) is 76.8 Å². The second-order valence-corrected chi connectivity index (χ2v) is 7.14. The first-order valence-corrected chi connectivity index (χ1v) is 8.34. The highest BCUT2D eigenvalue weighted by Gasteiger charge is 2.63.